The summed E-state index contributed by atoms with van der Waals surface area (Å²) in [6, 6.07) is 4.17. The number of aryl methyl sites for hydroxylation is 1. The monoisotopic (exact) mass is 546 g/mol. The van der Waals surface area contributed by atoms with Crippen LogP contribution in [0.5, 0.6) is 5.75 Å². The zero-order valence-corrected chi connectivity index (χ0v) is 23.7. The van der Waals surface area contributed by atoms with Crippen molar-refractivity contribution in [3.8, 4) is 23.1 Å². The Labute approximate surface area is 232 Å². The van der Waals surface area contributed by atoms with Gasteiger partial charge in [-0.15, -0.1) is 5.10 Å². The molecule has 0 N–H and O–H groups in total. The minimum Gasteiger partial charge on any atom is -0.482 e. The maximum absolute atomic E-state index is 12.5. The lowest BCUT2D eigenvalue weighted by atomic mass is 10.0. The predicted molar refractivity (Wildman–Crippen MR) is 144 cm³/mol. The van der Waals surface area contributed by atoms with E-state index in [0.717, 1.165) is 24.1 Å². The average Bonchev–Trinajstić information content (AvgIpc) is 3.66. The number of rotatable bonds is 6. The quantitative estimate of drug-likeness (QED) is 0.349. The van der Waals surface area contributed by atoms with Gasteiger partial charge >= 0.3 is 6.09 Å². The topological polar surface area (TPSA) is 141 Å². The summed E-state index contributed by atoms with van der Waals surface area (Å²) < 4.78 is 15.4. The van der Waals surface area contributed by atoms with E-state index < -0.39 is 11.7 Å². The first-order chi connectivity index (χ1) is 19.1. The van der Waals surface area contributed by atoms with Crippen molar-refractivity contribution in [1.82, 2.24) is 44.5 Å². The summed E-state index contributed by atoms with van der Waals surface area (Å²) in [6.07, 6.45) is 5.83. The van der Waals surface area contributed by atoms with Crippen molar-refractivity contribution < 1.29 is 14.3 Å². The molecule has 1 unspecified atom stereocenters. The van der Waals surface area contributed by atoms with E-state index >= 15 is 0 Å². The highest BCUT2D eigenvalue weighted by Crippen LogP contribution is 2.34. The van der Waals surface area contributed by atoms with E-state index in [4.69, 9.17) is 9.47 Å². The van der Waals surface area contributed by atoms with Gasteiger partial charge in [-0.25, -0.2) is 14.0 Å². The molecule has 1 saturated heterocycles. The molecule has 4 aromatic heterocycles. The van der Waals surface area contributed by atoms with Crippen molar-refractivity contribution in [2.75, 3.05) is 13.1 Å². The lowest BCUT2D eigenvalue weighted by molar-refractivity contribution is 0.0184. The van der Waals surface area contributed by atoms with Crippen LogP contribution in [0.15, 0.2) is 24.7 Å². The highest BCUT2D eigenvalue weighted by atomic mass is 16.6. The second-order valence-corrected chi connectivity index (χ2v) is 10.9. The van der Waals surface area contributed by atoms with Crippen LogP contribution in [0.3, 0.4) is 0 Å². The Balaban J connectivity index is 1.40. The molecule has 5 heterocycles. The van der Waals surface area contributed by atoms with Crippen molar-refractivity contribution in [3.05, 3.63) is 41.6 Å². The normalized spacial score (nSPS) is 15.3. The molecule has 210 valence electrons. The van der Waals surface area contributed by atoms with Crippen LogP contribution in [0.2, 0.25) is 0 Å². The molecule has 0 aromatic carbocycles. The smallest absolute Gasteiger partial charge is 0.410 e. The van der Waals surface area contributed by atoms with Crippen molar-refractivity contribution >= 4 is 11.6 Å². The zero-order valence-electron chi connectivity index (χ0n) is 23.7. The molecule has 0 radical (unpaired) electrons. The van der Waals surface area contributed by atoms with Gasteiger partial charge in [0, 0.05) is 24.8 Å². The van der Waals surface area contributed by atoms with Gasteiger partial charge < -0.3 is 14.4 Å². The number of amides is 1. The molecule has 0 spiro atoms. The molecule has 1 atom stereocenters. The molecule has 4 aromatic rings. The Morgan fingerprint density at radius 2 is 1.98 bits per heavy atom. The highest BCUT2D eigenvalue weighted by molar-refractivity contribution is 5.75. The Kier molecular flexibility index (Phi) is 7.18. The summed E-state index contributed by atoms with van der Waals surface area (Å²) in [5.41, 5.74) is 3.48. The molecule has 0 bridgehead atoms. The van der Waals surface area contributed by atoms with Gasteiger partial charge in [-0.05, 0) is 60.5 Å². The third kappa shape index (κ3) is 5.34. The molecule has 0 saturated carbocycles. The Hall–Kier alpha value is -4.47. The van der Waals surface area contributed by atoms with E-state index in [-0.39, 0.29) is 12.1 Å². The van der Waals surface area contributed by atoms with Crippen LogP contribution >= 0.6 is 0 Å². The molecule has 40 heavy (non-hydrogen) atoms. The van der Waals surface area contributed by atoms with E-state index in [1.807, 2.05) is 58.5 Å². The zero-order chi connectivity index (χ0) is 28.6. The minimum absolute atomic E-state index is 0.107. The first-order valence-electron chi connectivity index (χ1n) is 13.5. The van der Waals surface area contributed by atoms with Crippen LogP contribution in [0.1, 0.15) is 76.6 Å². The number of carbonyl (C=O) groups excluding carboxylic acids is 1. The summed E-state index contributed by atoms with van der Waals surface area (Å²) in [6.45, 7) is 13.3. The molecular weight excluding hydrogens is 512 g/mol. The summed E-state index contributed by atoms with van der Waals surface area (Å²) in [5.74, 6) is 0.490. The van der Waals surface area contributed by atoms with Crippen molar-refractivity contribution in [3.63, 3.8) is 0 Å². The summed E-state index contributed by atoms with van der Waals surface area (Å²) in [4.78, 5) is 15.8. The number of hydrogen-bond acceptors (Lipinski definition) is 9. The van der Waals surface area contributed by atoms with E-state index in [0.29, 0.717) is 47.9 Å². The molecule has 1 aliphatic rings. The van der Waals surface area contributed by atoms with Gasteiger partial charge in [0.05, 0.1) is 30.7 Å². The van der Waals surface area contributed by atoms with E-state index in [1.54, 1.807) is 20.4 Å². The molecule has 0 aliphatic carbocycles. The molecule has 1 fully saturated rings. The number of fused-ring (bicyclic) bond motifs is 1. The third-order valence-corrected chi connectivity index (χ3v) is 6.92. The van der Waals surface area contributed by atoms with Gasteiger partial charge in [0.1, 0.15) is 46.0 Å². The largest absolute Gasteiger partial charge is 0.482 e. The fourth-order valence-electron chi connectivity index (χ4n) is 4.86. The van der Waals surface area contributed by atoms with Crippen LogP contribution < -0.4 is 4.74 Å². The molecule has 5 rings (SSSR count). The van der Waals surface area contributed by atoms with Gasteiger partial charge in [0.2, 0.25) is 0 Å². The number of aromatic nitrogens is 8. The maximum Gasteiger partial charge on any atom is 0.410 e. The fraction of sp³-hybridized carbons (Fsp3) is 0.519. The summed E-state index contributed by atoms with van der Waals surface area (Å²) in [5, 5.41) is 31.8. The van der Waals surface area contributed by atoms with Gasteiger partial charge in [0.25, 0.3) is 0 Å². The van der Waals surface area contributed by atoms with Gasteiger partial charge in [-0.1, -0.05) is 5.21 Å². The van der Waals surface area contributed by atoms with Crippen LogP contribution in [-0.4, -0.2) is 69.3 Å². The van der Waals surface area contributed by atoms with Gasteiger partial charge in [-0.2, -0.15) is 25.4 Å². The molecule has 13 heteroatoms. The number of hydrogen-bond donors (Lipinski definition) is 0. The Morgan fingerprint density at radius 1 is 1.23 bits per heavy atom. The van der Waals surface area contributed by atoms with Crippen molar-refractivity contribution in [1.29, 1.82) is 5.26 Å². The fourth-order valence-corrected chi connectivity index (χ4v) is 4.86. The van der Waals surface area contributed by atoms with Crippen molar-refractivity contribution in [2.45, 2.75) is 78.7 Å². The van der Waals surface area contributed by atoms with Gasteiger partial charge in [-0.3, -0.25) is 0 Å². The maximum atomic E-state index is 12.5. The molecular formula is C27H34N10O3. The second kappa shape index (κ2) is 10.6. The van der Waals surface area contributed by atoms with Crippen LogP contribution in [0, 0.1) is 18.3 Å². The predicted octanol–water partition coefficient (Wildman–Crippen LogP) is 4.10. The SMILES string of the molecule is CCn1ncc(C(C)Oc2cc(-c3nnn(C4CCN(C(=O)OC(C)(C)C)CC4)c3C)cn3ncc(C#N)c23)n1. The molecule has 1 amide bonds. The minimum atomic E-state index is -0.524. The second-order valence-electron chi connectivity index (χ2n) is 10.9. The number of likely N-dealkylation sites (tertiary alicyclic amines) is 1. The van der Waals surface area contributed by atoms with Crippen molar-refractivity contribution in [2.24, 2.45) is 0 Å². The van der Waals surface area contributed by atoms with E-state index in [9.17, 15) is 10.1 Å². The lowest BCUT2D eigenvalue weighted by Gasteiger charge is -2.33. The summed E-state index contributed by atoms with van der Waals surface area (Å²) in [7, 11) is 0. The molecule has 13 nitrogen and oxygen atoms in total. The average molecular weight is 547 g/mol. The Morgan fingerprint density at radius 3 is 2.62 bits per heavy atom. The molecule has 1 aliphatic heterocycles. The number of pyridine rings is 1. The van der Waals surface area contributed by atoms with Crippen LogP contribution in [-0.2, 0) is 11.3 Å². The summed E-state index contributed by atoms with van der Waals surface area (Å²) >= 11 is 0. The highest BCUT2D eigenvalue weighted by Gasteiger charge is 2.29. The first kappa shape index (κ1) is 27.1. The van der Waals surface area contributed by atoms with E-state index in [1.165, 1.54) is 6.20 Å². The Bertz CT molecular complexity index is 1560. The number of nitriles is 1. The van der Waals surface area contributed by atoms with Gasteiger partial charge in [0.15, 0.2) is 0 Å². The van der Waals surface area contributed by atoms with E-state index in [2.05, 4.69) is 31.7 Å². The third-order valence-electron chi connectivity index (χ3n) is 6.92. The lowest BCUT2D eigenvalue weighted by Crippen LogP contribution is -2.42. The number of carbonyl (C=O) groups is 1. The standard InChI is InChI=1S/C27H34N10O3/c1-7-36-30-15-22(32-36)18(3)39-23-12-19(16-35-25(23)20(13-28)14-29-35)24-17(2)37(33-31-24)21-8-10-34(11-9-21)26(38)40-27(4,5)6/h12,14-16,18,21H,7-11H2,1-6H3. The van der Waals surface area contributed by atoms with Crippen LogP contribution in [0.4, 0.5) is 4.79 Å². The number of ether oxygens (including phenoxy) is 2. The first-order valence-corrected chi connectivity index (χ1v) is 13.5. The number of nitrogens with zero attached hydrogens (tertiary/aromatic N) is 10. The van der Waals surface area contributed by atoms with Crippen LogP contribution in [0.25, 0.3) is 16.8 Å². The number of piperidine rings is 1.